The molecule has 0 spiro atoms. The number of fused-ring (bicyclic) bond motifs is 6. The average molecular weight is 579 g/mol. The zero-order chi connectivity index (χ0) is 30.5. The molecule has 0 aromatic heterocycles. The summed E-state index contributed by atoms with van der Waals surface area (Å²) in [7, 11) is 0. The Morgan fingerprint density at radius 2 is 0.933 bits per heavy atom. The van der Waals surface area contributed by atoms with E-state index >= 15 is 0 Å². The molecular formula is C42H35BN2. The van der Waals surface area contributed by atoms with Gasteiger partial charge in [-0.1, -0.05) is 149 Å². The zero-order valence-corrected chi connectivity index (χ0v) is 26.3. The third-order valence-corrected chi connectivity index (χ3v) is 10.7. The lowest BCUT2D eigenvalue weighted by Gasteiger charge is -2.51. The fourth-order valence-electron chi connectivity index (χ4n) is 8.52. The van der Waals surface area contributed by atoms with E-state index in [1.807, 2.05) is 0 Å². The summed E-state index contributed by atoms with van der Waals surface area (Å²) in [6.07, 6.45) is 0. The molecule has 3 heteroatoms. The Labute approximate surface area is 266 Å². The molecule has 0 atom stereocenters. The van der Waals surface area contributed by atoms with Crippen molar-refractivity contribution in [1.29, 1.82) is 0 Å². The van der Waals surface area contributed by atoms with Crippen LogP contribution in [-0.4, -0.2) is 6.85 Å². The number of rotatable bonds is 2. The highest BCUT2D eigenvalue weighted by Gasteiger charge is 2.49. The van der Waals surface area contributed by atoms with Crippen LogP contribution in [0.3, 0.4) is 0 Å². The van der Waals surface area contributed by atoms with Crippen molar-refractivity contribution in [2.75, 3.05) is 9.71 Å². The fraction of sp³-hybridized carbons (Fsp3) is 0.143. The number of hydrogen-bond acceptors (Lipinski definition) is 2. The van der Waals surface area contributed by atoms with Gasteiger partial charge in [0, 0.05) is 39.1 Å². The summed E-state index contributed by atoms with van der Waals surface area (Å²) >= 11 is 0. The van der Waals surface area contributed by atoms with Crippen LogP contribution in [0.5, 0.6) is 0 Å². The molecule has 0 saturated carbocycles. The summed E-state index contributed by atoms with van der Waals surface area (Å²) in [5.74, 6) is 0. The summed E-state index contributed by atoms with van der Waals surface area (Å²) in [6.45, 7) is 9.52. The smallest absolute Gasteiger partial charge is 0.332 e. The second-order valence-electron chi connectivity index (χ2n) is 13.8. The van der Waals surface area contributed by atoms with Gasteiger partial charge in [-0.05, 0) is 56.9 Å². The molecule has 0 aliphatic carbocycles. The zero-order valence-electron chi connectivity index (χ0n) is 26.3. The van der Waals surface area contributed by atoms with E-state index in [-0.39, 0.29) is 17.7 Å². The molecule has 6 aromatic rings. The molecule has 0 bridgehead atoms. The lowest BCUT2D eigenvalue weighted by atomic mass is 9.44. The summed E-state index contributed by atoms with van der Waals surface area (Å²) in [5, 5.41) is 0. The first-order valence-electron chi connectivity index (χ1n) is 16.1. The van der Waals surface area contributed by atoms with Gasteiger partial charge in [0.05, 0.1) is 5.69 Å². The number of hydrogen-bond donors (Lipinski definition) is 0. The van der Waals surface area contributed by atoms with Crippen LogP contribution >= 0.6 is 0 Å². The highest BCUT2D eigenvalue weighted by atomic mass is 15.2. The van der Waals surface area contributed by atoms with E-state index < -0.39 is 0 Å². The minimum Gasteiger partial charge on any atom is -0.376 e. The fourth-order valence-corrected chi connectivity index (χ4v) is 8.52. The van der Waals surface area contributed by atoms with E-state index in [1.165, 1.54) is 72.7 Å². The predicted octanol–water partition coefficient (Wildman–Crippen LogP) is 9.36. The maximum atomic E-state index is 2.68. The lowest BCUT2D eigenvalue weighted by molar-refractivity contribution is 0.632. The molecule has 0 fully saturated rings. The highest BCUT2D eigenvalue weighted by Crippen LogP contribution is 2.55. The lowest BCUT2D eigenvalue weighted by Crippen LogP contribution is -2.61. The molecule has 2 nitrogen and oxygen atoms in total. The first kappa shape index (κ1) is 26.4. The van der Waals surface area contributed by atoms with Crippen molar-refractivity contribution in [1.82, 2.24) is 0 Å². The van der Waals surface area contributed by atoms with E-state index in [1.54, 1.807) is 0 Å². The van der Waals surface area contributed by atoms with Gasteiger partial charge in [0.15, 0.2) is 0 Å². The van der Waals surface area contributed by atoms with E-state index in [4.69, 9.17) is 0 Å². The van der Waals surface area contributed by atoms with Crippen molar-refractivity contribution in [2.45, 2.75) is 38.5 Å². The van der Waals surface area contributed by atoms with Gasteiger partial charge in [0.1, 0.15) is 0 Å². The van der Waals surface area contributed by atoms with Crippen LogP contribution in [0.25, 0.3) is 11.1 Å². The maximum Gasteiger partial charge on any atom is 0.332 e. The van der Waals surface area contributed by atoms with Crippen molar-refractivity contribution >= 4 is 46.2 Å². The van der Waals surface area contributed by atoms with Gasteiger partial charge in [0.2, 0.25) is 0 Å². The van der Waals surface area contributed by atoms with Crippen molar-refractivity contribution in [3.05, 3.63) is 162 Å². The van der Waals surface area contributed by atoms with Gasteiger partial charge >= 0.3 is 6.85 Å². The topological polar surface area (TPSA) is 6.48 Å². The van der Waals surface area contributed by atoms with Gasteiger partial charge in [-0.15, -0.1) is 0 Å². The number of benzene rings is 6. The number of anilines is 5. The predicted molar refractivity (Wildman–Crippen MR) is 191 cm³/mol. The van der Waals surface area contributed by atoms with Gasteiger partial charge < -0.3 is 9.71 Å². The Balaban J connectivity index is 1.41. The molecule has 0 N–H and O–H groups in total. The molecule has 3 heterocycles. The molecular weight excluding hydrogens is 543 g/mol. The molecule has 0 amide bonds. The molecule has 0 saturated heterocycles. The van der Waals surface area contributed by atoms with Gasteiger partial charge in [-0.2, -0.15) is 0 Å². The Bertz CT molecular complexity index is 2140. The number of nitrogens with zero attached hydrogens (tertiary/aromatic N) is 2. The van der Waals surface area contributed by atoms with Crippen LogP contribution in [-0.2, 0) is 10.8 Å². The van der Waals surface area contributed by atoms with Gasteiger partial charge in [0.25, 0.3) is 0 Å². The van der Waals surface area contributed by atoms with Crippen molar-refractivity contribution < 1.29 is 0 Å². The Morgan fingerprint density at radius 3 is 1.67 bits per heavy atom. The van der Waals surface area contributed by atoms with E-state index in [2.05, 4.69) is 177 Å². The Kier molecular flexibility index (Phi) is 5.42. The number of para-hydroxylation sites is 5. The third-order valence-electron chi connectivity index (χ3n) is 10.7. The Morgan fingerprint density at radius 1 is 0.422 bits per heavy atom. The van der Waals surface area contributed by atoms with E-state index in [9.17, 15) is 0 Å². The summed E-state index contributed by atoms with van der Waals surface area (Å²) in [5.41, 5.74) is 16.8. The van der Waals surface area contributed by atoms with E-state index in [0.717, 1.165) is 0 Å². The van der Waals surface area contributed by atoms with Crippen LogP contribution in [0.1, 0.15) is 49.9 Å². The van der Waals surface area contributed by atoms with Crippen LogP contribution in [0.4, 0.5) is 28.4 Å². The van der Waals surface area contributed by atoms with Crippen LogP contribution in [0.15, 0.2) is 140 Å². The molecule has 0 unspecified atom stereocenters. The van der Waals surface area contributed by atoms with Crippen molar-refractivity contribution in [3.8, 4) is 11.1 Å². The largest absolute Gasteiger partial charge is 0.376 e. The van der Waals surface area contributed by atoms with Gasteiger partial charge in [-0.25, -0.2) is 0 Å². The minimum atomic E-state index is -0.162. The minimum absolute atomic E-state index is 0.0191. The Hall–Kier alpha value is -5.02. The molecule has 9 rings (SSSR count). The van der Waals surface area contributed by atoms with Crippen LogP contribution < -0.4 is 20.6 Å². The molecule has 6 aromatic carbocycles. The monoisotopic (exact) mass is 578 g/mol. The first-order chi connectivity index (χ1) is 21.9. The standard InChI is InChI=1S/C42H35BN2/c1-41(2)30-19-8-11-25-36(30)44-38-27-13-10-23-34(38)43(35-24-15-22-33(41)40(35)44)45-37-26-12-9-20-31(37)42(3,4)32-21-14-18-29(39(32)45)28-16-6-5-7-17-28/h5-27H,1-4H3. The summed E-state index contributed by atoms with van der Waals surface area (Å²) in [6, 6.07) is 52.0. The van der Waals surface area contributed by atoms with Crippen molar-refractivity contribution in [2.24, 2.45) is 0 Å². The van der Waals surface area contributed by atoms with E-state index in [0.29, 0.717) is 0 Å². The molecule has 45 heavy (non-hydrogen) atoms. The van der Waals surface area contributed by atoms with Crippen molar-refractivity contribution in [3.63, 3.8) is 0 Å². The third kappa shape index (κ3) is 3.47. The highest BCUT2D eigenvalue weighted by molar-refractivity contribution is 6.92. The SMILES string of the molecule is CC1(C)c2ccccc2N(B2c3ccccc3N3c4ccccc4C(C)(C)c4cccc2c43)c2c(-c3ccccc3)cccc21. The second-order valence-corrected chi connectivity index (χ2v) is 13.8. The molecule has 3 aliphatic rings. The normalized spacial score (nSPS) is 16.2. The second kappa shape index (κ2) is 9.25. The quantitative estimate of drug-likeness (QED) is 0.189. The van der Waals surface area contributed by atoms with Crippen LogP contribution in [0, 0.1) is 0 Å². The summed E-state index contributed by atoms with van der Waals surface area (Å²) in [4.78, 5) is 5.22. The summed E-state index contributed by atoms with van der Waals surface area (Å²) < 4.78 is 0. The average Bonchev–Trinajstić information content (AvgIpc) is 3.07. The first-order valence-corrected chi connectivity index (χ1v) is 16.1. The molecule has 3 aliphatic heterocycles. The van der Waals surface area contributed by atoms with Gasteiger partial charge in [-0.3, -0.25) is 0 Å². The van der Waals surface area contributed by atoms with Crippen LogP contribution in [0.2, 0.25) is 0 Å². The molecule has 0 radical (unpaired) electrons. The maximum absolute atomic E-state index is 2.68. The molecule has 216 valence electrons.